The van der Waals surface area contributed by atoms with Gasteiger partial charge in [0, 0.05) is 44.6 Å². The van der Waals surface area contributed by atoms with Gasteiger partial charge in [0.15, 0.2) is 5.65 Å². The van der Waals surface area contributed by atoms with Crippen LogP contribution in [0.3, 0.4) is 0 Å². The van der Waals surface area contributed by atoms with Crippen molar-refractivity contribution in [1.82, 2.24) is 29.7 Å². The third-order valence-corrected chi connectivity index (χ3v) is 5.59. The summed E-state index contributed by atoms with van der Waals surface area (Å²) in [5, 5.41) is 3.01. The molecule has 1 aliphatic rings. The minimum Gasteiger partial charge on any atom is -0.338 e. The van der Waals surface area contributed by atoms with E-state index in [2.05, 4.69) is 29.0 Å². The van der Waals surface area contributed by atoms with Crippen LogP contribution in [0, 0.1) is 11.7 Å². The van der Waals surface area contributed by atoms with Crippen LogP contribution in [0.15, 0.2) is 42.6 Å². The number of halogens is 1. The molecule has 0 saturated carbocycles. The smallest absolute Gasteiger partial charge is 0.317 e. The molecular formula is C23H29FN6O. The SMILES string of the molecule is CC(C)CCNC(=O)N1CCN(Cc2nc3cccnc3n2-c2ccc(F)cc2)CC1. The van der Waals surface area contributed by atoms with Gasteiger partial charge < -0.3 is 10.2 Å². The van der Waals surface area contributed by atoms with E-state index in [0.29, 0.717) is 32.1 Å². The maximum absolute atomic E-state index is 13.4. The maximum atomic E-state index is 13.4. The molecule has 7 nitrogen and oxygen atoms in total. The van der Waals surface area contributed by atoms with E-state index >= 15 is 0 Å². The Labute approximate surface area is 181 Å². The highest BCUT2D eigenvalue weighted by molar-refractivity contribution is 5.74. The van der Waals surface area contributed by atoms with Crippen LogP contribution in [0.5, 0.6) is 0 Å². The van der Waals surface area contributed by atoms with E-state index in [1.165, 1.54) is 12.1 Å². The van der Waals surface area contributed by atoms with Gasteiger partial charge in [0.2, 0.25) is 0 Å². The molecule has 3 heterocycles. The van der Waals surface area contributed by atoms with E-state index in [4.69, 9.17) is 4.98 Å². The second kappa shape index (κ2) is 9.43. The van der Waals surface area contributed by atoms with Crippen LogP contribution in [0.25, 0.3) is 16.9 Å². The Kier molecular flexibility index (Phi) is 6.46. The molecule has 2 aromatic heterocycles. The van der Waals surface area contributed by atoms with E-state index in [0.717, 1.165) is 42.2 Å². The van der Waals surface area contributed by atoms with Crippen molar-refractivity contribution in [2.75, 3.05) is 32.7 Å². The van der Waals surface area contributed by atoms with Gasteiger partial charge in [-0.3, -0.25) is 9.47 Å². The third kappa shape index (κ3) is 5.02. The molecule has 0 radical (unpaired) electrons. The molecule has 0 unspecified atom stereocenters. The first kappa shape index (κ1) is 21.2. The fourth-order valence-corrected chi connectivity index (χ4v) is 3.82. The van der Waals surface area contributed by atoms with Crippen molar-refractivity contribution in [1.29, 1.82) is 0 Å². The van der Waals surface area contributed by atoms with Crippen LogP contribution in [-0.4, -0.2) is 63.1 Å². The van der Waals surface area contributed by atoms with Crippen LogP contribution in [0.4, 0.5) is 9.18 Å². The number of carbonyl (C=O) groups excluding carboxylic acids is 1. The number of hydrogen-bond acceptors (Lipinski definition) is 4. The lowest BCUT2D eigenvalue weighted by Gasteiger charge is -2.34. The standard InChI is InChI=1S/C23H29FN6O/c1-17(2)9-11-26-23(31)29-14-12-28(13-15-29)16-21-27-20-4-3-10-25-22(20)30(21)19-7-5-18(24)6-8-19/h3-8,10,17H,9,11-16H2,1-2H3,(H,26,31). The predicted octanol–water partition coefficient (Wildman–Crippen LogP) is 3.43. The lowest BCUT2D eigenvalue weighted by molar-refractivity contribution is 0.133. The molecule has 164 valence electrons. The summed E-state index contributed by atoms with van der Waals surface area (Å²) >= 11 is 0. The van der Waals surface area contributed by atoms with Crippen molar-refractivity contribution in [3.05, 3.63) is 54.2 Å². The van der Waals surface area contributed by atoms with Crippen LogP contribution < -0.4 is 5.32 Å². The van der Waals surface area contributed by atoms with Gasteiger partial charge in [-0.15, -0.1) is 0 Å². The number of piperazine rings is 1. The highest BCUT2D eigenvalue weighted by Gasteiger charge is 2.23. The zero-order valence-electron chi connectivity index (χ0n) is 18.1. The van der Waals surface area contributed by atoms with Crippen LogP contribution >= 0.6 is 0 Å². The summed E-state index contributed by atoms with van der Waals surface area (Å²) in [5.74, 6) is 1.16. The third-order valence-electron chi connectivity index (χ3n) is 5.59. The van der Waals surface area contributed by atoms with Gasteiger partial charge in [-0.2, -0.15) is 0 Å². The summed E-state index contributed by atoms with van der Waals surface area (Å²) in [6.07, 6.45) is 2.73. The average Bonchev–Trinajstić information content (AvgIpc) is 3.12. The molecule has 1 saturated heterocycles. The van der Waals surface area contributed by atoms with Gasteiger partial charge >= 0.3 is 6.03 Å². The first-order valence-electron chi connectivity index (χ1n) is 10.8. The van der Waals surface area contributed by atoms with Gasteiger partial charge in [-0.25, -0.2) is 19.2 Å². The van der Waals surface area contributed by atoms with Crippen molar-refractivity contribution in [2.24, 2.45) is 5.92 Å². The van der Waals surface area contributed by atoms with E-state index in [1.54, 1.807) is 18.3 Å². The number of pyridine rings is 1. The minimum absolute atomic E-state index is 0.0167. The molecule has 1 aromatic carbocycles. The highest BCUT2D eigenvalue weighted by atomic mass is 19.1. The van der Waals surface area contributed by atoms with Gasteiger partial charge in [0.05, 0.1) is 6.54 Å². The van der Waals surface area contributed by atoms with E-state index in [9.17, 15) is 9.18 Å². The van der Waals surface area contributed by atoms with Crippen molar-refractivity contribution < 1.29 is 9.18 Å². The Morgan fingerprint density at radius 1 is 1.13 bits per heavy atom. The molecule has 8 heteroatoms. The average molecular weight is 425 g/mol. The molecule has 0 aliphatic carbocycles. The van der Waals surface area contributed by atoms with Gasteiger partial charge in [0.25, 0.3) is 0 Å². The van der Waals surface area contributed by atoms with Gasteiger partial charge in [-0.05, 0) is 48.7 Å². The molecular weight excluding hydrogens is 395 g/mol. The molecule has 3 aromatic rings. The number of carbonyl (C=O) groups is 1. The topological polar surface area (TPSA) is 66.3 Å². The van der Waals surface area contributed by atoms with E-state index < -0.39 is 0 Å². The number of urea groups is 1. The Morgan fingerprint density at radius 3 is 2.58 bits per heavy atom. The molecule has 0 bridgehead atoms. The van der Waals surface area contributed by atoms with E-state index in [-0.39, 0.29) is 11.8 Å². The predicted molar refractivity (Wildman–Crippen MR) is 119 cm³/mol. The second-order valence-corrected chi connectivity index (χ2v) is 8.36. The molecule has 0 spiro atoms. The van der Waals surface area contributed by atoms with Crippen molar-refractivity contribution >= 4 is 17.2 Å². The molecule has 1 N–H and O–H groups in total. The maximum Gasteiger partial charge on any atom is 0.317 e. The van der Waals surface area contributed by atoms with Gasteiger partial charge in [-0.1, -0.05) is 13.8 Å². The second-order valence-electron chi connectivity index (χ2n) is 8.36. The molecule has 1 aliphatic heterocycles. The summed E-state index contributed by atoms with van der Waals surface area (Å²) in [7, 11) is 0. The fraction of sp³-hybridized carbons (Fsp3) is 0.435. The lowest BCUT2D eigenvalue weighted by atomic mass is 10.1. The fourth-order valence-electron chi connectivity index (χ4n) is 3.82. The van der Waals surface area contributed by atoms with E-state index in [1.807, 2.05) is 21.6 Å². The molecule has 31 heavy (non-hydrogen) atoms. The number of rotatable bonds is 6. The Morgan fingerprint density at radius 2 is 1.87 bits per heavy atom. The quantitative estimate of drug-likeness (QED) is 0.658. The Bertz CT molecular complexity index is 1020. The number of nitrogens with zero attached hydrogens (tertiary/aromatic N) is 5. The minimum atomic E-state index is -0.273. The largest absolute Gasteiger partial charge is 0.338 e. The lowest BCUT2D eigenvalue weighted by Crippen LogP contribution is -2.51. The number of aromatic nitrogens is 3. The van der Waals surface area contributed by atoms with Crippen molar-refractivity contribution in [3.63, 3.8) is 0 Å². The van der Waals surface area contributed by atoms with Gasteiger partial charge in [0.1, 0.15) is 17.2 Å². The number of nitrogens with one attached hydrogen (secondary N) is 1. The monoisotopic (exact) mass is 424 g/mol. The summed E-state index contributed by atoms with van der Waals surface area (Å²) < 4.78 is 15.4. The summed E-state index contributed by atoms with van der Waals surface area (Å²) in [4.78, 5) is 25.8. The Hall–Kier alpha value is -3.00. The van der Waals surface area contributed by atoms with Crippen LogP contribution in [-0.2, 0) is 6.54 Å². The molecule has 0 atom stereocenters. The molecule has 4 rings (SSSR count). The number of benzene rings is 1. The summed E-state index contributed by atoms with van der Waals surface area (Å²) in [5.41, 5.74) is 2.40. The number of fused-ring (bicyclic) bond motifs is 1. The molecule has 1 fully saturated rings. The normalized spacial score (nSPS) is 15.0. The zero-order chi connectivity index (χ0) is 21.8. The Balaban J connectivity index is 1.44. The first-order chi connectivity index (χ1) is 15.0. The van der Waals surface area contributed by atoms with Crippen molar-refractivity contribution in [3.8, 4) is 5.69 Å². The first-order valence-corrected chi connectivity index (χ1v) is 10.8. The summed E-state index contributed by atoms with van der Waals surface area (Å²) in [6, 6.07) is 10.2. The highest BCUT2D eigenvalue weighted by Crippen LogP contribution is 2.21. The van der Waals surface area contributed by atoms with Crippen molar-refractivity contribution in [2.45, 2.75) is 26.8 Å². The number of hydrogen-bond donors (Lipinski definition) is 1. The van der Waals surface area contributed by atoms with Crippen LogP contribution in [0.1, 0.15) is 26.1 Å². The zero-order valence-corrected chi connectivity index (χ0v) is 18.1. The number of amides is 2. The summed E-state index contributed by atoms with van der Waals surface area (Å²) in [6.45, 7) is 8.57. The van der Waals surface area contributed by atoms with Crippen LogP contribution in [0.2, 0.25) is 0 Å². The number of imidazole rings is 1. The molecule has 2 amide bonds.